The summed E-state index contributed by atoms with van der Waals surface area (Å²) >= 11 is 6.09. The molecule has 0 saturated carbocycles. The fraction of sp³-hybridized carbons (Fsp3) is 0.381. The predicted molar refractivity (Wildman–Crippen MR) is 114 cm³/mol. The number of hydrogen-bond acceptors (Lipinski definition) is 4. The Balaban J connectivity index is 1.43. The number of aryl methyl sites for hydroxylation is 1. The third kappa shape index (κ3) is 5.62. The number of hydrogen-bond donors (Lipinski definition) is 2. The lowest BCUT2D eigenvalue weighted by Gasteiger charge is -2.34. The van der Waals surface area contributed by atoms with E-state index in [-0.39, 0.29) is 5.91 Å². The van der Waals surface area contributed by atoms with Crippen molar-refractivity contribution in [2.24, 2.45) is 0 Å². The molecule has 2 aromatic rings. The van der Waals surface area contributed by atoms with Crippen LogP contribution in [0.25, 0.3) is 0 Å². The zero-order valence-electron chi connectivity index (χ0n) is 16.0. The minimum Gasteiger partial charge on any atom is -0.385 e. The second-order valence-corrected chi connectivity index (χ2v) is 7.43. The minimum absolute atomic E-state index is 0.0310. The van der Waals surface area contributed by atoms with Gasteiger partial charge in [0, 0.05) is 61.2 Å². The highest BCUT2D eigenvalue weighted by atomic mass is 35.5. The SMILES string of the molecule is Cc1ccc(NC(=O)CCNc2ccc(N3CCN(C)CC3)cc2)cc1Cl. The molecular weight excluding hydrogens is 360 g/mol. The summed E-state index contributed by atoms with van der Waals surface area (Å²) in [6.07, 6.45) is 0.395. The number of likely N-dealkylation sites (N-methyl/N-ethyl adjacent to an activating group) is 1. The van der Waals surface area contributed by atoms with E-state index in [0.29, 0.717) is 18.0 Å². The largest absolute Gasteiger partial charge is 0.385 e. The lowest BCUT2D eigenvalue weighted by atomic mass is 10.2. The van der Waals surface area contributed by atoms with E-state index in [4.69, 9.17) is 11.6 Å². The topological polar surface area (TPSA) is 47.6 Å². The molecule has 1 aliphatic heterocycles. The minimum atomic E-state index is -0.0310. The summed E-state index contributed by atoms with van der Waals surface area (Å²) in [5, 5.41) is 6.84. The Morgan fingerprint density at radius 1 is 1.04 bits per heavy atom. The molecule has 1 heterocycles. The highest BCUT2D eigenvalue weighted by Gasteiger charge is 2.13. The Morgan fingerprint density at radius 3 is 2.37 bits per heavy atom. The number of carbonyl (C=O) groups is 1. The molecule has 2 N–H and O–H groups in total. The first-order valence-electron chi connectivity index (χ1n) is 9.35. The molecule has 0 aliphatic carbocycles. The predicted octanol–water partition coefficient (Wildman–Crippen LogP) is 3.84. The van der Waals surface area contributed by atoms with Crippen molar-refractivity contribution < 1.29 is 4.79 Å². The molecular formula is C21H27ClN4O. The van der Waals surface area contributed by atoms with Crippen LogP contribution < -0.4 is 15.5 Å². The van der Waals surface area contributed by atoms with E-state index >= 15 is 0 Å². The monoisotopic (exact) mass is 386 g/mol. The Labute approximate surface area is 166 Å². The Kier molecular flexibility index (Phi) is 6.58. The molecule has 0 radical (unpaired) electrons. The molecule has 0 spiro atoms. The van der Waals surface area contributed by atoms with Crippen LogP contribution in [0.15, 0.2) is 42.5 Å². The molecule has 0 atom stereocenters. The molecule has 5 nitrogen and oxygen atoms in total. The van der Waals surface area contributed by atoms with E-state index in [1.54, 1.807) is 6.07 Å². The number of rotatable bonds is 6. The van der Waals surface area contributed by atoms with Crippen LogP contribution in [0.4, 0.5) is 17.1 Å². The molecule has 0 aromatic heterocycles. The van der Waals surface area contributed by atoms with Crippen molar-refractivity contribution in [3.63, 3.8) is 0 Å². The fourth-order valence-corrected chi connectivity index (χ4v) is 3.25. The molecule has 27 heavy (non-hydrogen) atoms. The van der Waals surface area contributed by atoms with Crippen molar-refractivity contribution >= 4 is 34.6 Å². The van der Waals surface area contributed by atoms with E-state index in [9.17, 15) is 4.79 Å². The number of nitrogens with one attached hydrogen (secondary N) is 2. The van der Waals surface area contributed by atoms with E-state index in [1.165, 1.54) is 5.69 Å². The van der Waals surface area contributed by atoms with Gasteiger partial charge in [-0.15, -0.1) is 0 Å². The number of benzene rings is 2. The highest BCUT2D eigenvalue weighted by molar-refractivity contribution is 6.31. The molecule has 3 rings (SSSR count). The molecule has 0 bridgehead atoms. The Bertz CT molecular complexity index is 770. The third-order valence-corrected chi connectivity index (χ3v) is 5.28. The maximum Gasteiger partial charge on any atom is 0.226 e. The van der Waals surface area contributed by atoms with Crippen LogP contribution in [0.2, 0.25) is 5.02 Å². The molecule has 0 unspecified atom stereocenters. The average Bonchev–Trinajstić information content (AvgIpc) is 2.66. The molecule has 1 aliphatic rings. The van der Waals surface area contributed by atoms with E-state index in [0.717, 1.165) is 43.1 Å². The van der Waals surface area contributed by atoms with E-state index in [2.05, 4.69) is 51.7 Å². The number of nitrogens with zero attached hydrogens (tertiary/aromatic N) is 2. The summed E-state index contributed by atoms with van der Waals surface area (Å²) < 4.78 is 0. The van der Waals surface area contributed by atoms with E-state index < -0.39 is 0 Å². The van der Waals surface area contributed by atoms with Crippen molar-refractivity contribution in [3.8, 4) is 0 Å². The van der Waals surface area contributed by atoms with Crippen molar-refractivity contribution in [2.45, 2.75) is 13.3 Å². The third-order valence-electron chi connectivity index (χ3n) is 4.87. The van der Waals surface area contributed by atoms with Crippen LogP contribution in [-0.4, -0.2) is 50.6 Å². The number of amides is 1. The fourth-order valence-electron chi connectivity index (χ4n) is 3.07. The van der Waals surface area contributed by atoms with Crippen LogP contribution in [0.3, 0.4) is 0 Å². The summed E-state index contributed by atoms with van der Waals surface area (Å²) in [7, 11) is 2.16. The van der Waals surface area contributed by atoms with Gasteiger partial charge in [0.05, 0.1) is 0 Å². The van der Waals surface area contributed by atoms with E-state index in [1.807, 2.05) is 19.1 Å². The van der Waals surface area contributed by atoms with Gasteiger partial charge in [0.2, 0.25) is 5.91 Å². The summed E-state index contributed by atoms with van der Waals surface area (Å²) in [5.74, 6) is -0.0310. The number of carbonyl (C=O) groups excluding carboxylic acids is 1. The van der Waals surface area contributed by atoms with Crippen molar-refractivity contribution in [1.29, 1.82) is 0 Å². The zero-order valence-corrected chi connectivity index (χ0v) is 16.7. The second kappa shape index (κ2) is 9.11. The molecule has 1 fully saturated rings. The summed E-state index contributed by atoms with van der Waals surface area (Å²) in [6.45, 7) is 6.84. The molecule has 1 amide bonds. The maximum absolute atomic E-state index is 12.1. The van der Waals surface area contributed by atoms with Gasteiger partial charge in [0.15, 0.2) is 0 Å². The van der Waals surface area contributed by atoms with Crippen molar-refractivity contribution in [2.75, 3.05) is 55.3 Å². The van der Waals surface area contributed by atoms with Crippen LogP contribution in [0.1, 0.15) is 12.0 Å². The van der Waals surface area contributed by atoms with Crippen LogP contribution in [0.5, 0.6) is 0 Å². The smallest absolute Gasteiger partial charge is 0.226 e. The Hall–Kier alpha value is -2.24. The Morgan fingerprint density at radius 2 is 1.70 bits per heavy atom. The van der Waals surface area contributed by atoms with Gasteiger partial charge in [-0.25, -0.2) is 0 Å². The first-order valence-corrected chi connectivity index (χ1v) is 9.72. The van der Waals surface area contributed by atoms with Gasteiger partial charge in [-0.2, -0.15) is 0 Å². The molecule has 1 saturated heterocycles. The van der Waals surface area contributed by atoms with Gasteiger partial charge < -0.3 is 20.4 Å². The van der Waals surface area contributed by atoms with Crippen LogP contribution in [0, 0.1) is 6.92 Å². The number of piperazine rings is 1. The molecule has 144 valence electrons. The first kappa shape index (κ1) is 19.5. The highest BCUT2D eigenvalue weighted by Crippen LogP contribution is 2.21. The molecule has 2 aromatic carbocycles. The number of halogens is 1. The van der Waals surface area contributed by atoms with Gasteiger partial charge >= 0.3 is 0 Å². The van der Waals surface area contributed by atoms with Crippen LogP contribution >= 0.6 is 11.6 Å². The van der Waals surface area contributed by atoms with Gasteiger partial charge in [-0.1, -0.05) is 17.7 Å². The zero-order chi connectivity index (χ0) is 19.2. The van der Waals surface area contributed by atoms with Gasteiger partial charge in [-0.05, 0) is 55.9 Å². The average molecular weight is 387 g/mol. The quantitative estimate of drug-likeness (QED) is 0.791. The first-order chi connectivity index (χ1) is 13.0. The van der Waals surface area contributed by atoms with Gasteiger partial charge in [0.25, 0.3) is 0 Å². The number of anilines is 3. The van der Waals surface area contributed by atoms with Crippen LogP contribution in [-0.2, 0) is 4.79 Å². The standard InChI is InChI=1S/C21H27ClN4O/c1-16-3-4-18(15-20(16)22)24-21(27)9-10-23-17-5-7-19(8-6-17)26-13-11-25(2)12-14-26/h3-8,15,23H,9-14H2,1-2H3,(H,24,27). The lowest BCUT2D eigenvalue weighted by molar-refractivity contribution is -0.115. The lowest BCUT2D eigenvalue weighted by Crippen LogP contribution is -2.44. The maximum atomic E-state index is 12.1. The second-order valence-electron chi connectivity index (χ2n) is 7.03. The summed E-state index contributed by atoms with van der Waals surface area (Å²) in [6, 6.07) is 14.0. The molecule has 6 heteroatoms. The normalized spacial score (nSPS) is 14.9. The van der Waals surface area contributed by atoms with Crippen molar-refractivity contribution in [1.82, 2.24) is 4.90 Å². The van der Waals surface area contributed by atoms with Gasteiger partial charge in [0.1, 0.15) is 0 Å². The van der Waals surface area contributed by atoms with Crippen molar-refractivity contribution in [3.05, 3.63) is 53.1 Å². The summed E-state index contributed by atoms with van der Waals surface area (Å²) in [5.41, 5.74) is 4.00. The summed E-state index contributed by atoms with van der Waals surface area (Å²) in [4.78, 5) is 16.8. The van der Waals surface area contributed by atoms with Gasteiger partial charge in [-0.3, -0.25) is 4.79 Å².